The minimum atomic E-state index is 0.534. The van der Waals surface area contributed by atoms with Crippen LogP contribution in [0.3, 0.4) is 0 Å². The van der Waals surface area contributed by atoms with Crippen LogP contribution in [0.2, 0.25) is 0 Å². The summed E-state index contributed by atoms with van der Waals surface area (Å²) in [6.07, 6.45) is 4.25. The predicted octanol–water partition coefficient (Wildman–Crippen LogP) is 3.78. The van der Waals surface area contributed by atoms with Crippen LogP contribution in [0.25, 0.3) is 0 Å². The van der Waals surface area contributed by atoms with Gasteiger partial charge in [-0.15, -0.1) is 11.3 Å². The van der Waals surface area contributed by atoms with Crippen LogP contribution in [0.4, 0.5) is 0 Å². The molecule has 1 aromatic carbocycles. The molecule has 3 heteroatoms. The number of benzene rings is 1. The Labute approximate surface area is 119 Å². The third kappa shape index (κ3) is 4.44. The summed E-state index contributed by atoms with van der Waals surface area (Å²) in [7, 11) is 0. The summed E-state index contributed by atoms with van der Waals surface area (Å²) >= 11 is 1.75. The SMILES string of the molecule is CCCNCC(Cc1cncs1)c1cccc(C)c1. The maximum absolute atomic E-state index is 4.18. The van der Waals surface area contributed by atoms with Gasteiger partial charge in [-0.2, -0.15) is 0 Å². The molecule has 1 N–H and O–H groups in total. The van der Waals surface area contributed by atoms with Crippen LogP contribution >= 0.6 is 11.3 Å². The Balaban J connectivity index is 2.08. The van der Waals surface area contributed by atoms with E-state index in [1.807, 2.05) is 11.7 Å². The fraction of sp³-hybridized carbons (Fsp3) is 0.438. The summed E-state index contributed by atoms with van der Waals surface area (Å²) in [6, 6.07) is 8.86. The van der Waals surface area contributed by atoms with Gasteiger partial charge in [0.1, 0.15) is 0 Å². The van der Waals surface area contributed by atoms with Crippen LogP contribution in [0.1, 0.15) is 35.3 Å². The Morgan fingerprint density at radius 3 is 2.95 bits per heavy atom. The third-order valence-corrected chi connectivity index (χ3v) is 4.06. The number of hydrogen-bond acceptors (Lipinski definition) is 3. The van der Waals surface area contributed by atoms with Gasteiger partial charge in [0.2, 0.25) is 0 Å². The van der Waals surface area contributed by atoms with Gasteiger partial charge in [-0.25, -0.2) is 0 Å². The van der Waals surface area contributed by atoms with Gasteiger partial charge in [0.15, 0.2) is 0 Å². The second kappa shape index (κ2) is 7.41. The number of nitrogens with one attached hydrogen (secondary N) is 1. The highest BCUT2D eigenvalue weighted by Crippen LogP contribution is 2.23. The van der Waals surface area contributed by atoms with Crippen molar-refractivity contribution >= 4 is 11.3 Å². The highest BCUT2D eigenvalue weighted by Gasteiger charge is 2.13. The number of aromatic nitrogens is 1. The zero-order valence-corrected chi connectivity index (χ0v) is 12.5. The molecule has 0 radical (unpaired) electrons. The fourth-order valence-corrected chi connectivity index (χ4v) is 2.95. The van der Waals surface area contributed by atoms with Crippen LogP contribution in [0.5, 0.6) is 0 Å². The van der Waals surface area contributed by atoms with Crippen molar-refractivity contribution in [2.45, 2.75) is 32.6 Å². The van der Waals surface area contributed by atoms with E-state index in [1.165, 1.54) is 22.4 Å². The molecule has 0 saturated heterocycles. The molecule has 1 atom stereocenters. The molecule has 2 nitrogen and oxygen atoms in total. The average molecular weight is 274 g/mol. The Morgan fingerprint density at radius 2 is 2.26 bits per heavy atom. The molecule has 1 heterocycles. The minimum Gasteiger partial charge on any atom is -0.316 e. The number of thiazole rings is 1. The number of nitrogens with zero attached hydrogens (tertiary/aromatic N) is 1. The molecular weight excluding hydrogens is 252 g/mol. The standard InChI is InChI=1S/C16H22N2S/c1-3-7-17-10-15(9-16-11-18-12-19-16)14-6-4-5-13(2)8-14/h4-6,8,11-12,15,17H,3,7,9-10H2,1-2H3. The highest BCUT2D eigenvalue weighted by atomic mass is 32.1. The van der Waals surface area contributed by atoms with Crippen LogP contribution < -0.4 is 5.32 Å². The van der Waals surface area contributed by atoms with Crippen molar-refractivity contribution in [1.29, 1.82) is 0 Å². The van der Waals surface area contributed by atoms with Gasteiger partial charge in [0.25, 0.3) is 0 Å². The zero-order valence-electron chi connectivity index (χ0n) is 11.7. The van der Waals surface area contributed by atoms with Crippen LogP contribution in [-0.2, 0) is 6.42 Å². The van der Waals surface area contributed by atoms with Crippen LogP contribution in [0.15, 0.2) is 36.0 Å². The van der Waals surface area contributed by atoms with E-state index >= 15 is 0 Å². The second-order valence-corrected chi connectivity index (χ2v) is 5.96. The molecular formula is C16H22N2S. The Morgan fingerprint density at radius 1 is 1.37 bits per heavy atom. The molecule has 1 aromatic heterocycles. The lowest BCUT2D eigenvalue weighted by Crippen LogP contribution is -2.23. The second-order valence-electron chi connectivity index (χ2n) is 4.99. The maximum atomic E-state index is 4.18. The fourth-order valence-electron chi connectivity index (χ4n) is 2.27. The van der Waals surface area contributed by atoms with E-state index in [-0.39, 0.29) is 0 Å². The number of aryl methyl sites for hydroxylation is 1. The van der Waals surface area contributed by atoms with Crippen molar-refractivity contribution < 1.29 is 0 Å². The Hall–Kier alpha value is -1.19. The normalized spacial score (nSPS) is 12.5. The third-order valence-electron chi connectivity index (χ3n) is 3.26. The maximum Gasteiger partial charge on any atom is 0.0794 e. The first-order valence-corrected chi connectivity index (χ1v) is 7.82. The summed E-state index contributed by atoms with van der Waals surface area (Å²) in [5.74, 6) is 0.534. The number of rotatable bonds is 7. The smallest absolute Gasteiger partial charge is 0.0794 e. The molecule has 2 rings (SSSR count). The van der Waals surface area contributed by atoms with Gasteiger partial charge in [0, 0.05) is 23.5 Å². The average Bonchev–Trinajstić information content (AvgIpc) is 2.91. The molecule has 2 aromatic rings. The monoisotopic (exact) mass is 274 g/mol. The highest BCUT2D eigenvalue weighted by molar-refractivity contribution is 7.09. The molecule has 0 saturated carbocycles. The molecule has 0 bridgehead atoms. The van der Waals surface area contributed by atoms with Crippen molar-refractivity contribution in [1.82, 2.24) is 10.3 Å². The first-order chi connectivity index (χ1) is 9.29. The van der Waals surface area contributed by atoms with Crippen molar-refractivity contribution in [2.24, 2.45) is 0 Å². The first-order valence-electron chi connectivity index (χ1n) is 6.94. The summed E-state index contributed by atoms with van der Waals surface area (Å²) < 4.78 is 0. The quantitative estimate of drug-likeness (QED) is 0.777. The van der Waals surface area contributed by atoms with Gasteiger partial charge < -0.3 is 5.32 Å². The summed E-state index contributed by atoms with van der Waals surface area (Å²) in [5.41, 5.74) is 4.68. The van der Waals surface area contributed by atoms with E-state index < -0.39 is 0 Å². The largest absolute Gasteiger partial charge is 0.316 e. The van der Waals surface area contributed by atoms with E-state index in [1.54, 1.807) is 11.3 Å². The van der Waals surface area contributed by atoms with Crippen molar-refractivity contribution in [3.63, 3.8) is 0 Å². The lowest BCUT2D eigenvalue weighted by atomic mass is 9.94. The first kappa shape index (κ1) is 14.2. The van der Waals surface area contributed by atoms with Crippen LogP contribution in [0, 0.1) is 6.92 Å². The van der Waals surface area contributed by atoms with Gasteiger partial charge in [-0.1, -0.05) is 36.8 Å². The Kier molecular flexibility index (Phi) is 5.55. The van der Waals surface area contributed by atoms with Crippen molar-refractivity contribution in [3.05, 3.63) is 52.0 Å². The van der Waals surface area contributed by atoms with Gasteiger partial charge in [-0.05, 0) is 31.9 Å². The zero-order chi connectivity index (χ0) is 13.5. The minimum absolute atomic E-state index is 0.534. The van der Waals surface area contributed by atoms with E-state index in [9.17, 15) is 0 Å². The van der Waals surface area contributed by atoms with Crippen LogP contribution in [-0.4, -0.2) is 18.1 Å². The number of hydrogen-bond donors (Lipinski definition) is 1. The molecule has 0 spiro atoms. The van der Waals surface area contributed by atoms with Crippen molar-refractivity contribution in [3.8, 4) is 0 Å². The lowest BCUT2D eigenvalue weighted by molar-refractivity contribution is 0.579. The molecule has 0 amide bonds. The molecule has 1 unspecified atom stereocenters. The molecule has 0 aliphatic rings. The van der Waals surface area contributed by atoms with E-state index in [0.717, 1.165) is 19.5 Å². The van der Waals surface area contributed by atoms with Gasteiger partial charge in [0.05, 0.1) is 5.51 Å². The van der Waals surface area contributed by atoms with Crippen molar-refractivity contribution in [2.75, 3.05) is 13.1 Å². The molecule has 0 aliphatic carbocycles. The van der Waals surface area contributed by atoms with Gasteiger partial charge >= 0.3 is 0 Å². The van der Waals surface area contributed by atoms with Gasteiger partial charge in [-0.3, -0.25) is 4.98 Å². The summed E-state index contributed by atoms with van der Waals surface area (Å²) in [4.78, 5) is 5.55. The summed E-state index contributed by atoms with van der Waals surface area (Å²) in [6.45, 7) is 6.49. The molecule has 0 aliphatic heterocycles. The van der Waals surface area contributed by atoms with E-state index in [0.29, 0.717) is 5.92 Å². The van der Waals surface area contributed by atoms with E-state index in [4.69, 9.17) is 0 Å². The molecule has 102 valence electrons. The van der Waals surface area contributed by atoms with E-state index in [2.05, 4.69) is 48.4 Å². The Bertz CT molecular complexity index is 479. The lowest BCUT2D eigenvalue weighted by Gasteiger charge is -2.18. The molecule has 0 fully saturated rings. The molecule has 19 heavy (non-hydrogen) atoms. The topological polar surface area (TPSA) is 24.9 Å². The predicted molar refractivity (Wildman–Crippen MR) is 82.9 cm³/mol. The summed E-state index contributed by atoms with van der Waals surface area (Å²) in [5, 5.41) is 3.55.